The molecule has 0 amide bonds. The lowest BCUT2D eigenvalue weighted by Crippen LogP contribution is -2.58. The molecule has 1 spiro atoms. The molecular formula is C35H38F2N6O3S. The van der Waals surface area contributed by atoms with Crippen LogP contribution in [0.4, 0.5) is 14.6 Å². The van der Waals surface area contributed by atoms with Crippen molar-refractivity contribution in [2.24, 2.45) is 10.8 Å². The van der Waals surface area contributed by atoms with E-state index in [-0.39, 0.29) is 61.4 Å². The van der Waals surface area contributed by atoms with E-state index in [4.69, 9.17) is 16.1 Å². The average Bonchev–Trinajstić information content (AvgIpc) is 3.98. The van der Waals surface area contributed by atoms with Crippen molar-refractivity contribution < 1.29 is 22.8 Å². The van der Waals surface area contributed by atoms with E-state index < -0.39 is 22.6 Å². The molecule has 0 radical (unpaired) electrons. The Morgan fingerprint density at radius 3 is 2.51 bits per heavy atom. The number of phenolic OH excluding ortho intramolecular Hbond substituents is 1. The van der Waals surface area contributed by atoms with Gasteiger partial charge in [0.25, 0.3) is 0 Å². The number of benzene rings is 2. The van der Waals surface area contributed by atoms with Gasteiger partial charge in [0.2, 0.25) is 0 Å². The number of hydrogen-bond acceptors (Lipinski definition) is 8. The Morgan fingerprint density at radius 1 is 1.15 bits per heavy atom. The summed E-state index contributed by atoms with van der Waals surface area (Å²) in [5, 5.41) is 14.9. The molecule has 5 aliphatic rings. The number of ether oxygens (including phenoxy) is 1. The third kappa shape index (κ3) is 5.23. The number of piperidine rings is 1. The zero-order chi connectivity index (χ0) is 32.7. The number of hydrogen-bond donors (Lipinski definition) is 2. The van der Waals surface area contributed by atoms with Crippen LogP contribution in [-0.4, -0.2) is 88.0 Å². The van der Waals surface area contributed by atoms with Gasteiger partial charge in [0, 0.05) is 55.1 Å². The number of nitrogens with zero attached hydrogens (tertiary/aromatic N) is 5. The summed E-state index contributed by atoms with van der Waals surface area (Å²) in [6.45, 7) is 4.57. The lowest BCUT2D eigenvalue weighted by atomic mass is 9.73. The summed E-state index contributed by atoms with van der Waals surface area (Å²) in [4.78, 5) is 13.9. The van der Waals surface area contributed by atoms with Gasteiger partial charge in [-0.15, -0.1) is 6.42 Å². The predicted octanol–water partition coefficient (Wildman–Crippen LogP) is 4.66. The minimum Gasteiger partial charge on any atom is -0.508 e. The van der Waals surface area contributed by atoms with Crippen LogP contribution in [0, 0.1) is 29.0 Å². The van der Waals surface area contributed by atoms with Gasteiger partial charge in [-0.05, 0) is 81.6 Å². The molecule has 2 saturated heterocycles. The van der Waals surface area contributed by atoms with Gasteiger partial charge in [-0.25, -0.2) is 13.0 Å². The first-order valence-electron chi connectivity index (χ1n) is 16.3. The second-order valence-corrected chi connectivity index (χ2v) is 15.6. The number of halogens is 2. The van der Waals surface area contributed by atoms with E-state index in [9.17, 15) is 9.32 Å². The van der Waals surface area contributed by atoms with E-state index in [0.29, 0.717) is 43.7 Å². The lowest BCUT2D eigenvalue weighted by molar-refractivity contribution is 0.125. The van der Waals surface area contributed by atoms with Gasteiger partial charge in [-0.2, -0.15) is 9.97 Å². The Morgan fingerprint density at radius 2 is 1.89 bits per heavy atom. The summed E-state index contributed by atoms with van der Waals surface area (Å²) < 4.78 is 55.1. The van der Waals surface area contributed by atoms with Crippen LogP contribution in [-0.2, 0) is 11.0 Å². The lowest BCUT2D eigenvalue weighted by Gasteiger charge is -2.49. The summed E-state index contributed by atoms with van der Waals surface area (Å²) in [5.41, 5.74) is 0.221. The number of anilines is 1. The van der Waals surface area contributed by atoms with Gasteiger partial charge < -0.3 is 25.0 Å². The fourth-order valence-electron chi connectivity index (χ4n) is 7.45. The van der Waals surface area contributed by atoms with Crippen molar-refractivity contribution >= 4 is 39.1 Å². The molecule has 1 atom stereocenters. The van der Waals surface area contributed by atoms with Gasteiger partial charge >= 0.3 is 6.01 Å². The van der Waals surface area contributed by atoms with E-state index in [1.165, 1.54) is 24.3 Å². The molecule has 2 saturated carbocycles. The number of phenols is 1. The molecule has 2 N–H and O–H groups in total. The van der Waals surface area contributed by atoms with Gasteiger partial charge in [-0.3, -0.25) is 4.31 Å². The molecule has 2 aliphatic carbocycles. The molecule has 8 rings (SSSR count). The molecule has 47 heavy (non-hydrogen) atoms. The first-order chi connectivity index (χ1) is 22.6. The van der Waals surface area contributed by atoms with Crippen molar-refractivity contribution in [2.45, 2.75) is 49.5 Å². The summed E-state index contributed by atoms with van der Waals surface area (Å²) in [5.74, 6) is 1.32. The van der Waals surface area contributed by atoms with Crippen molar-refractivity contribution in [1.82, 2.24) is 24.5 Å². The molecule has 9 nitrogen and oxygen atoms in total. The first-order valence-corrected chi connectivity index (χ1v) is 17.4. The highest BCUT2D eigenvalue weighted by molar-refractivity contribution is 7.83. The summed E-state index contributed by atoms with van der Waals surface area (Å²) >= 11 is 0. The second-order valence-electron chi connectivity index (χ2n) is 14.3. The smallest absolute Gasteiger partial charge is 0.319 e. The number of aromatic hydroxyl groups is 1. The summed E-state index contributed by atoms with van der Waals surface area (Å²) in [6, 6.07) is 5.37. The maximum atomic E-state index is 17.4. The van der Waals surface area contributed by atoms with Gasteiger partial charge in [0.05, 0.1) is 17.9 Å². The Balaban J connectivity index is 1.30. The number of aromatic nitrogens is 2. The molecule has 3 aliphatic heterocycles. The Labute approximate surface area is 275 Å². The van der Waals surface area contributed by atoms with E-state index in [1.54, 1.807) is 4.31 Å². The van der Waals surface area contributed by atoms with Crippen LogP contribution >= 0.6 is 0 Å². The van der Waals surface area contributed by atoms with Crippen LogP contribution in [0.1, 0.15) is 55.3 Å². The fraction of sp³-hybridized carbons (Fsp3) is 0.486. The SMILES string of the molecule is C#Cc1c(F)ccc2cc(O)cc(C3=C(F)c4nc(OCC5(CN(C)C)CC5)nc(N5CCC6(CC5)CNC6)c4S(=O)N3C3CC3)c12. The molecule has 4 heterocycles. The zero-order valence-electron chi connectivity index (χ0n) is 26.6. The Kier molecular flexibility index (Phi) is 7.24. The van der Waals surface area contributed by atoms with E-state index in [1.807, 2.05) is 14.1 Å². The van der Waals surface area contributed by atoms with Gasteiger partial charge in [-0.1, -0.05) is 12.0 Å². The molecule has 1 aromatic heterocycles. The predicted molar refractivity (Wildman–Crippen MR) is 177 cm³/mol. The zero-order valence-corrected chi connectivity index (χ0v) is 27.4. The van der Waals surface area contributed by atoms with Crippen molar-refractivity contribution in [1.29, 1.82) is 0 Å². The average molecular weight is 661 g/mol. The third-order valence-corrected chi connectivity index (χ3v) is 11.9. The highest BCUT2D eigenvalue weighted by Gasteiger charge is 2.47. The minimum atomic E-state index is -1.91. The maximum Gasteiger partial charge on any atom is 0.319 e. The second kappa shape index (κ2) is 11.1. The fourth-order valence-corrected chi connectivity index (χ4v) is 9.11. The maximum absolute atomic E-state index is 17.4. The number of fused-ring (bicyclic) bond motifs is 2. The van der Waals surface area contributed by atoms with E-state index in [2.05, 4.69) is 26.0 Å². The monoisotopic (exact) mass is 660 g/mol. The van der Waals surface area contributed by atoms with Crippen LogP contribution in [0.25, 0.3) is 22.3 Å². The van der Waals surface area contributed by atoms with Gasteiger partial charge in [0.15, 0.2) is 22.6 Å². The van der Waals surface area contributed by atoms with Crippen molar-refractivity contribution in [3.63, 3.8) is 0 Å². The summed E-state index contributed by atoms with van der Waals surface area (Å²) in [6.07, 6.45) is 11.1. The molecule has 1 unspecified atom stereocenters. The molecular weight excluding hydrogens is 622 g/mol. The summed E-state index contributed by atoms with van der Waals surface area (Å²) in [7, 11) is 2.14. The van der Waals surface area contributed by atoms with Crippen molar-refractivity contribution in [3.8, 4) is 24.1 Å². The highest BCUT2D eigenvalue weighted by atomic mass is 32.2. The number of rotatable bonds is 8. The molecule has 3 aromatic rings. The van der Waals surface area contributed by atoms with Crippen molar-refractivity contribution in [3.05, 3.63) is 46.9 Å². The first kappa shape index (κ1) is 30.5. The third-order valence-electron chi connectivity index (χ3n) is 10.4. The van der Waals surface area contributed by atoms with Gasteiger partial charge in [0.1, 0.15) is 22.2 Å². The van der Waals surface area contributed by atoms with Crippen LogP contribution in [0.15, 0.2) is 29.2 Å². The largest absolute Gasteiger partial charge is 0.508 e. The minimum absolute atomic E-state index is 0.0149. The van der Waals surface area contributed by atoms with E-state index >= 15 is 8.78 Å². The molecule has 4 fully saturated rings. The van der Waals surface area contributed by atoms with Crippen LogP contribution in [0.3, 0.4) is 0 Å². The van der Waals surface area contributed by atoms with Crippen LogP contribution < -0.4 is 15.0 Å². The van der Waals surface area contributed by atoms with Crippen LogP contribution in [0.5, 0.6) is 11.8 Å². The quantitative estimate of drug-likeness (QED) is 0.337. The topological polar surface area (TPSA) is 94.1 Å². The molecule has 0 bridgehead atoms. The van der Waals surface area contributed by atoms with Crippen molar-refractivity contribution in [2.75, 3.05) is 58.3 Å². The normalized spacial score (nSPS) is 22.8. The number of nitrogens with one attached hydrogen (secondary N) is 1. The molecule has 2 aromatic carbocycles. The Hall–Kier alpha value is -3.79. The molecule has 246 valence electrons. The number of terminal acetylenes is 1. The Bertz CT molecular complexity index is 1890. The molecule has 12 heteroatoms. The van der Waals surface area contributed by atoms with Crippen LogP contribution in [0.2, 0.25) is 0 Å². The standard InChI is InChI=1S/C35H38F2N6O3S/c1-4-24-26(36)8-5-21-15-23(44)16-25(27(21)24)30-28(37)29-31(47(45)43(30)22-6-7-22)32(42-13-11-34(12-14-42)17-38-18-34)40-33(39-29)46-20-35(9-10-35)19-41(2)3/h1,5,8,15-16,22,38,44H,6-7,9-14,17-20H2,2-3H3. The highest BCUT2D eigenvalue weighted by Crippen LogP contribution is 2.51. The van der Waals surface area contributed by atoms with E-state index in [0.717, 1.165) is 45.3 Å².